The molecule has 1 atom stereocenters. The number of aryl methyl sites for hydroxylation is 2. The van der Waals surface area contributed by atoms with E-state index in [-0.39, 0.29) is 12.1 Å². The minimum Gasteiger partial charge on any atom is -0.331 e. The fraction of sp³-hybridized carbons (Fsp3) is 0.316. The van der Waals surface area contributed by atoms with Crippen molar-refractivity contribution < 1.29 is 4.79 Å². The Balaban J connectivity index is 1.76. The van der Waals surface area contributed by atoms with Crippen molar-refractivity contribution in [3.63, 3.8) is 0 Å². The molecule has 2 aromatic heterocycles. The summed E-state index contributed by atoms with van der Waals surface area (Å²) in [5.74, 6) is 0.683. The van der Waals surface area contributed by atoms with Gasteiger partial charge in [0.25, 0.3) is 0 Å². The summed E-state index contributed by atoms with van der Waals surface area (Å²) in [4.78, 5) is 12.5. The Hall–Kier alpha value is -3.09. The molecular formula is C19H24N6O. The molecule has 0 radical (unpaired) electrons. The summed E-state index contributed by atoms with van der Waals surface area (Å²) in [6.07, 6.45) is 4.47. The van der Waals surface area contributed by atoms with Crippen molar-refractivity contribution in [1.82, 2.24) is 24.9 Å². The van der Waals surface area contributed by atoms with E-state index in [9.17, 15) is 4.79 Å². The van der Waals surface area contributed by atoms with Crippen molar-refractivity contribution in [3.8, 4) is 11.3 Å². The van der Waals surface area contributed by atoms with Crippen molar-refractivity contribution in [2.24, 2.45) is 14.1 Å². The second-order valence-corrected chi connectivity index (χ2v) is 6.32. The lowest BCUT2D eigenvalue weighted by molar-refractivity contribution is 0.248. The summed E-state index contributed by atoms with van der Waals surface area (Å²) in [6.45, 7) is 3.99. The fourth-order valence-electron chi connectivity index (χ4n) is 3.02. The van der Waals surface area contributed by atoms with E-state index in [0.29, 0.717) is 5.82 Å². The molecule has 3 rings (SSSR count). The number of hydrogen-bond donors (Lipinski definition) is 2. The summed E-state index contributed by atoms with van der Waals surface area (Å²) >= 11 is 0. The third kappa shape index (κ3) is 3.61. The Bertz CT molecular complexity index is 896. The highest BCUT2D eigenvalue weighted by atomic mass is 16.2. The predicted octanol–water partition coefficient (Wildman–Crippen LogP) is 3.40. The first-order chi connectivity index (χ1) is 12.5. The minimum absolute atomic E-state index is 0.0918. The standard InChI is InChI=1S/C19H24N6O/c1-5-16(15-11-20-24(3)12-15)21-19(26)22-18-13(2)17(23-25(18)4)14-9-7-6-8-10-14/h6-12,16H,5H2,1-4H3,(H2,21,22,26)/t16-/m1/s1. The molecule has 1 aromatic carbocycles. The van der Waals surface area contributed by atoms with E-state index in [2.05, 4.69) is 20.8 Å². The average molecular weight is 352 g/mol. The number of hydrogen-bond acceptors (Lipinski definition) is 3. The first kappa shape index (κ1) is 17.7. The number of nitrogens with one attached hydrogen (secondary N) is 2. The number of urea groups is 1. The Labute approximate surface area is 153 Å². The minimum atomic E-state index is -0.258. The van der Waals surface area contributed by atoms with E-state index in [1.54, 1.807) is 15.6 Å². The van der Waals surface area contributed by atoms with Gasteiger partial charge in [-0.2, -0.15) is 10.2 Å². The van der Waals surface area contributed by atoms with Crippen LogP contribution in [0, 0.1) is 6.92 Å². The van der Waals surface area contributed by atoms with Crippen LogP contribution in [-0.4, -0.2) is 25.6 Å². The summed E-state index contributed by atoms with van der Waals surface area (Å²) in [5.41, 5.74) is 3.80. The second-order valence-electron chi connectivity index (χ2n) is 6.32. The topological polar surface area (TPSA) is 76.8 Å². The lowest BCUT2D eigenvalue weighted by Crippen LogP contribution is -2.33. The molecule has 0 aliphatic carbocycles. The smallest absolute Gasteiger partial charge is 0.320 e. The summed E-state index contributed by atoms with van der Waals surface area (Å²) in [7, 11) is 3.69. The van der Waals surface area contributed by atoms with E-state index >= 15 is 0 Å². The van der Waals surface area contributed by atoms with Crippen LogP contribution in [0.2, 0.25) is 0 Å². The highest BCUT2D eigenvalue weighted by Crippen LogP contribution is 2.27. The van der Waals surface area contributed by atoms with Crippen LogP contribution in [-0.2, 0) is 14.1 Å². The molecule has 7 heteroatoms. The summed E-state index contributed by atoms with van der Waals surface area (Å²) in [5, 5.41) is 14.7. The zero-order valence-electron chi connectivity index (χ0n) is 15.5. The molecule has 2 heterocycles. The lowest BCUT2D eigenvalue weighted by atomic mass is 10.1. The maximum absolute atomic E-state index is 12.5. The molecule has 0 spiro atoms. The highest BCUT2D eigenvalue weighted by Gasteiger charge is 2.18. The van der Waals surface area contributed by atoms with Crippen LogP contribution in [0.15, 0.2) is 42.7 Å². The number of nitrogens with zero attached hydrogens (tertiary/aromatic N) is 4. The van der Waals surface area contributed by atoms with Crippen LogP contribution in [0.5, 0.6) is 0 Å². The van der Waals surface area contributed by atoms with Gasteiger partial charge >= 0.3 is 6.03 Å². The molecule has 0 aliphatic heterocycles. The van der Waals surface area contributed by atoms with Crippen molar-refractivity contribution >= 4 is 11.8 Å². The Morgan fingerprint density at radius 1 is 1.23 bits per heavy atom. The SMILES string of the molecule is CC[C@@H](NC(=O)Nc1c(C)c(-c2ccccc2)nn1C)c1cnn(C)c1. The van der Waals surface area contributed by atoms with E-state index in [1.807, 2.05) is 64.5 Å². The Morgan fingerprint density at radius 3 is 2.58 bits per heavy atom. The summed E-state index contributed by atoms with van der Waals surface area (Å²) < 4.78 is 3.43. The van der Waals surface area contributed by atoms with Crippen LogP contribution in [0.4, 0.5) is 10.6 Å². The van der Waals surface area contributed by atoms with Gasteiger partial charge in [0.1, 0.15) is 5.82 Å². The predicted molar refractivity (Wildman–Crippen MR) is 102 cm³/mol. The van der Waals surface area contributed by atoms with Gasteiger partial charge in [-0.1, -0.05) is 37.3 Å². The van der Waals surface area contributed by atoms with Crippen molar-refractivity contribution in [2.75, 3.05) is 5.32 Å². The molecule has 0 saturated carbocycles. The van der Waals surface area contributed by atoms with Crippen LogP contribution in [0.1, 0.15) is 30.5 Å². The van der Waals surface area contributed by atoms with Crippen LogP contribution in [0.25, 0.3) is 11.3 Å². The van der Waals surface area contributed by atoms with Crippen LogP contribution >= 0.6 is 0 Å². The normalized spacial score (nSPS) is 12.0. The van der Waals surface area contributed by atoms with Gasteiger partial charge in [0, 0.05) is 37.0 Å². The molecular weight excluding hydrogens is 328 g/mol. The summed E-state index contributed by atoms with van der Waals surface area (Å²) in [6, 6.07) is 9.59. The maximum atomic E-state index is 12.5. The molecule has 0 saturated heterocycles. The van der Waals surface area contributed by atoms with Crippen molar-refractivity contribution in [3.05, 3.63) is 53.9 Å². The van der Waals surface area contributed by atoms with Crippen molar-refractivity contribution in [1.29, 1.82) is 0 Å². The number of benzene rings is 1. The number of anilines is 1. The molecule has 0 fully saturated rings. The van der Waals surface area contributed by atoms with Gasteiger partial charge in [-0.25, -0.2) is 4.79 Å². The first-order valence-electron chi connectivity index (χ1n) is 8.64. The van der Waals surface area contributed by atoms with Gasteiger partial charge in [0.15, 0.2) is 0 Å². The Kier molecular flexibility index (Phi) is 5.06. The molecule has 7 nitrogen and oxygen atoms in total. The van der Waals surface area contributed by atoms with Gasteiger partial charge in [0.05, 0.1) is 17.9 Å². The third-order valence-corrected chi connectivity index (χ3v) is 4.40. The van der Waals surface area contributed by atoms with E-state index in [4.69, 9.17) is 0 Å². The first-order valence-corrected chi connectivity index (χ1v) is 8.64. The number of rotatable bonds is 5. The van der Waals surface area contributed by atoms with Crippen LogP contribution in [0.3, 0.4) is 0 Å². The average Bonchev–Trinajstić information content (AvgIpc) is 3.19. The largest absolute Gasteiger partial charge is 0.331 e. The van der Waals surface area contributed by atoms with Gasteiger partial charge in [-0.3, -0.25) is 14.7 Å². The molecule has 3 aromatic rings. The van der Waals surface area contributed by atoms with Gasteiger partial charge in [-0.05, 0) is 13.3 Å². The second kappa shape index (κ2) is 7.43. The third-order valence-electron chi connectivity index (χ3n) is 4.40. The van der Waals surface area contributed by atoms with Gasteiger partial charge in [-0.15, -0.1) is 0 Å². The number of amides is 2. The molecule has 2 amide bonds. The quantitative estimate of drug-likeness (QED) is 0.739. The zero-order chi connectivity index (χ0) is 18.7. The van der Waals surface area contributed by atoms with Crippen LogP contribution < -0.4 is 10.6 Å². The highest BCUT2D eigenvalue weighted by molar-refractivity contribution is 5.90. The lowest BCUT2D eigenvalue weighted by Gasteiger charge is -2.16. The molecule has 2 N–H and O–H groups in total. The zero-order valence-corrected chi connectivity index (χ0v) is 15.5. The molecule has 0 bridgehead atoms. The number of carbonyl (C=O) groups excluding carboxylic acids is 1. The van der Waals surface area contributed by atoms with E-state index < -0.39 is 0 Å². The fourth-order valence-corrected chi connectivity index (χ4v) is 3.02. The van der Waals surface area contributed by atoms with Crippen molar-refractivity contribution in [2.45, 2.75) is 26.3 Å². The van der Waals surface area contributed by atoms with E-state index in [1.165, 1.54) is 0 Å². The van der Waals surface area contributed by atoms with E-state index in [0.717, 1.165) is 28.8 Å². The molecule has 0 aliphatic rings. The number of aromatic nitrogens is 4. The molecule has 136 valence electrons. The van der Waals surface area contributed by atoms with Gasteiger partial charge in [0.2, 0.25) is 0 Å². The number of carbonyl (C=O) groups is 1. The molecule has 26 heavy (non-hydrogen) atoms. The van der Waals surface area contributed by atoms with Gasteiger partial charge < -0.3 is 5.32 Å². The monoisotopic (exact) mass is 352 g/mol. The maximum Gasteiger partial charge on any atom is 0.320 e. The Morgan fingerprint density at radius 2 is 1.96 bits per heavy atom. The molecule has 0 unspecified atom stereocenters.